The van der Waals surface area contributed by atoms with Crippen LogP contribution in [-0.2, 0) is 9.59 Å². The molecule has 0 N–H and O–H groups in total. The number of nitrogens with zero attached hydrogens (tertiary/aromatic N) is 3. The van der Waals surface area contributed by atoms with Gasteiger partial charge in [-0.2, -0.15) is 0 Å². The van der Waals surface area contributed by atoms with Crippen LogP contribution < -0.4 is 0 Å². The van der Waals surface area contributed by atoms with Crippen molar-refractivity contribution >= 4 is 11.8 Å². The van der Waals surface area contributed by atoms with Gasteiger partial charge in [0.2, 0.25) is 11.8 Å². The van der Waals surface area contributed by atoms with Crippen LogP contribution in [0.15, 0.2) is 12.2 Å². The third kappa shape index (κ3) is 4.56. The highest BCUT2D eigenvalue weighted by Crippen LogP contribution is 2.21. The monoisotopic (exact) mass is 319 g/mol. The Bertz CT molecular complexity index is 449. The quantitative estimate of drug-likeness (QED) is 0.738. The molecule has 0 saturated carbocycles. The molecule has 5 heteroatoms. The molecule has 1 aliphatic carbocycles. The van der Waals surface area contributed by atoms with Crippen molar-refractivity contribution in [2.45, 2.75) is 38.5 Å². The van der Waals surface area contributed by atoms with E-state index in [0.29, 0.717) is 18.9 Å². The maximum absolute atomic E-state index is 12.3. The van der Waals surface area contributed by atoms with Crippen LogP contribution >= 0.6 is 0 Å². The molecule has 2 saturated heterocycles. The van der Waals surface area contributed by atoms with Crippen LogP contribution in [-0.4, -0.2) is 72.3 Å². The van der Waals surface area contributed by atoms with E-state index in [-0.39, 0.29) is 11.8 Å². The van der Waals surface area contributed by atoms with Crippen LogP contribution in [0, 0.1) is 5.92 Å². The van der Waals surface area contributed by atoms with Crippen molar-refractivity contribution in [2.75, 3.05) is 45.8 Å². The molecule has 3 rings (SSSR count). The van der Waals surface area contributed by atoms with Gasteiger partial charge in [0.25, 0.3) is 0 Å². The molecule has 128 valence electrons. The second kappa shape index (κ2) is 7.95. The van der Waals surface area contributed by atoms with Crippen molar-refractivity contribution < 1.29 is 9.59 Å². The van der Waals surface area contributed by atoms with Crippen LogP contribution in [0.1, 0.15) is 38.5 Å². The smallest absolute Gasteiger partial charge is 0.236 e. The largest absolute Gasteiger partial charge is 0.342 e. The van der Waals surface area contributed by atoms with E-state index in [9.17, 15) is 9.59 Å². The van der Waals surface area contributed by atoms with E-state index in [1.54, 1.807) is 0 Å². The van der Waals surface area contributed by atoms with Gasteiger partial charge in [-0.3, -0.25) is 14.5 Å². The van der Waals surface area contributed by atoms with E-state index in [0.717, 1.165) is 65.0 Å². The summed E-state index contributed by atoms with van der Waals surface area (Å²) in [5, 5.41) is 0. The molecule has 5 nitrogen and oxygen atoms in total. The zero-order chi connectivity index (χ0) is 16.1. The van der Waals surface area contributed by atoms with Crippen molar-refractivity contribution in [1.82, 2.24) is 14.7 Å². The zero-order valence-electron chi connectivity index (χ0n) is 14.1. The highest BCUT2D eigenvalue weighted by Gasteiger charge is 2.26. The molecule has 0 spiro atoms. The number of carbonyl (C=O) groups is 2. The van der Waals surface area contributed by atoms with E-state index >= 15 is 0 Å². The number of hydrogen-bond donors (Lipinski definition) is 0. The summed E-state index contributed by atoms with van der Waals surface area (Å²) in [6.07, 6.45) is 10.8. The van der Waals surface area contributed by atoms with E-state index in [4.69, 9.17) is 0 Å². The van der Waals surface area contributed by atoms with Gasteiger partial charge in [0.05, 0.1) is 6.54 Å². The number of hydrogen-bond acceptors (Lipinski definition) is 3. The maximum Gasteiger partial charge on any atom is 0.236 e. The molecule has 1 unspecified atom stereocenters. The molecule has 2 aliphatic heterocycles. The lowest BCUT2D eigenvalue weighted by Crippen LogP contribution is -2.52. The van der Waals surface area contributed by atoms with Crippen LogP contribution in [0.4, 0.5) is 0 Å². The fraction of sp³-hybridized carbons (Fsp3) is 0.778. The number of carbonyl (C=O) groups excluding carboxylic acids is 2. The zero-order valence-corrected chi connectivity index (χ0v) is 14.1. The van der Waals surface area contributed by atoms with Crippen LogP contribution in [0.25, 0.3) is 0 Å². The lowest BCUT2D eigenvalue weighted by molar-refractivity contribution is -0.136. The SMILES string of the molecule is O=C(CC1C=CCC1)N1CCN(CC(=O)N2CCCCC2)CC1. The van der Waals surface area contributed by atoms with Crippen LogP contribution in [0.5, 0.6) is 0 Å². The predicted molar refractivity (Wildman–Crippen MR) is 89.9 cm³/mol. The fourth-order valence-corrected chi connectivity index (χ4v) is 3.81. The highest BCUT2D eigenvalue weighted by molar-refractivity contribution is 5.79. The molecular weight excluding hydrogens is 290 g/mol. The maximum atomic E-state index is 12.3. The van der Waals surface area contributed by atoms with Crippen molar-refractivity contribution in [1.29, 1.82) is 0 Å². The predicted octanol–water partition coefficient (Wildman–Crippen LogP) is 1.50. The Morgan fingerprint density at radius 3 is 2.22 bits per heavy atom. The van der Waals surface area contributed by atoms with E-state index in [2.05, 4.69) is 17.1 Å². The first kappa shape index (κ1) is 16.5. The first-order chi connectivity index (χ1) is 11.2. The Labute approximate surface area is 139 Å². The molecule has 0 aromatic heterocycles. The molecule has 0 radical (unpaired) electrons. The van der Waals surface area contributed by atoms with Gasteiger partial charge in [-0.05, 0) is 38.0 Å². The average molecular weight is 319 g/mol. The van der Waals surface area contributed by atoms with Gasteiger partial charge in [-0.15, -0.1) is 0 Å². The summed E-state index contributed by atoms with van der Waals surface area (Å²) in [5.74, 6) is 0.991. The fourth-order valence-electron chi connectivity index (χ4n) is 3.81. The number of piperidine rings is 1. The second-order valence-electron chi connectivity index (χ2n) is 7.07. The Hall–Kier alpha value is -1.36. The molecule has 2 amide bonds. The van der Waals surface area contributed by atoms with Gasteiger partial charge in [0.1, 0.15) is 0 Å². The van der Waals surface area contributed by atoms with Gasteiger partial charge in [-0.1, -0.05) is 12.2 Å². The Morgan fingerprint density at radius 1 is 0.870 bits per heavy atom. The summed E-state index contributed by atoms with van der Waals surface area (Å²) in [5.41, 5.74) is 0. The lowest BCUT2D eigenvalue weighted by atomic mass is 10.0. The third-order valence-corrected chi connectivity index (χ3v) is 5.34. The third-order valence-electron chi connectivity index (χ3n) is 5.34. The summed E-state index contributed by atoms with van der Waals surface area (Å²) in [6, 6.07) is 0. The van der Waals surface area contributed by atoms with Crippen molar-refractivity contribution in [3.63, 3.8) is 0 Å². The molecule has 2 fully saturated rings. The Morgan fingerprint density at radius 2 is 1.57 bits per heavy atom. The number of amides is 2. The van der Waals surface area contributed by atoms with Gasteiger partial charge in [0.15, 0.2) is 0 Å². The van der Waals surface area contributed by atoms with Crippen molar-refractivity contribution in [2.24, 2.45) is 5.92 Å². The first-order valence-electron chi connectivity index (χ1n) is 9.17. The molecule has 0 aromatic rings. The van der Waals surface area contributed by atoms with Crippen molar-refractivity contribution in [3.05, 3.63) is 12.2 Å². The Balaban J connectivity index is 1.38. The van der Waals surface area contributed by atoms with Crippen molar-refractivity contribution in [3.8, 4) is 0 Å². The number of rotatable bonds is 4. The van der Waals surface area contributed by atoms with Gasteiger partial charge in [-0.25, -0.2) is 0 Å². The highest BCUT2D eigenvalue weighted by atomic mass is 16.2. The average Bonchev–Trinajstić information content (AvgIpc) is 3.09. The molecule has 23 heavy (non-hydrogen) atoms. The number of allylic oxidation sites excluding steroid dienone is 2. The first-order valence-corrected chi connectivity index (χ1v) is 9.17. The van der Waals surface area contributed by atoms with E-state index in [1.807, 2.05) is 9.80 Å². The van der Waals surface area contributed by atoms with E-state index in [1.165, 1.54) is 6.42 Å². The van der Waals surface area contributed by atoms with Gasteiger partial charge in [0, 0.05) is 45.7 Å². The molecule has 2 heterocycles. The second-order valence-corrected chi connectivity index (χ2v) is 7.07. The van der Waals surface area contributed by atoms with Gasteiger partial charge >= 0.3 is 0 Å². The van der Waals surface area contributed by atoms with Crippen LogP contribution in [0.2, 0.25) is 0 Å². The molecular formula is C18H29N3O2. The van der Waals surface area contributed by atoms with Gasteiger partial charge < -0.3 is 9.80 Å². The molecule has 0 bridgehead atoms. The minimum atomic E-state index is 0.264. The summed E-state index contributed by atoms with van der Waals surface area (Å²) in [7, 11) is 0. The van der Waals surface area contributed by atoms with E-state index < -0.39 is 0 Å². The summed E-state index contributed by atoms with van der Waals surface area (Å²) < 4.78 is 0. The number of piperazine rings is 1. The topological polar surface area (TPSA) is 43.9 Å². The lowest BCUT2D eigenvalue weighted by Gasteiger charge is -2.36. The molecule has 3 aliphatic rings. The molecule has 0 aromatic carbocycles. The summed E-state index contributed by atoms with van der Waals surface area (Å²) >= 11 is 0. The molecule has 1 atom stereocenters. The minimum absolute atomic E-state index is 0.264. The normalized spacial score (nSPS) is 25.8. The Kier molecular flexibility index (Phi) is 5.70. The summed E-state index contributed by atoms with van der Waals surface area (Å²) in [6.45, 7) is 5.55. The minimum Gasteiger partial charge on any atom is -0.342 e. The summed E-state index contributed by atoms with van der Waals surface area (Å²) in [4.78, 5) is 30.8. The standard InChI is InChI=1S/C18H29N3O2/c22-17(14-16-6-2-3-7-16)21-12-10-19(11-13-21)15-18(23)20-8-4-1-5-9-20/h2,6,16H,1,3-5,7-15H2. The van der Waals surface area contributed by atoms with Crippen LogP contribution in [0.3, 0.4) is 0 Å². The number of likely N-dealkylation sites (tertiary alicyclic amines) is 1.